The molecular formula is C19H26N4O2. The molecule has 4 rings (SSSR count). The van der Waals surface area contributed by atoms with E-state index in [1.807, 2.05) is 17.0 Å². The molecular weight excluding hydrogens is 316 g/mol. The fourth-order valence-corrected chi connectivity index (χ4v) is 4.42. The summed E-state index contributed by atoms with van der Waals surface area (Å²) in [4.78, 5) is 30.9. The monoisotopic (exact) mass is 342 g/mol. The van der Waals surface area contributed by atoms with Crippen molar-refractivity contribution < 1.29 is 9.59 Å². The van der Waals surface area contributed by atoms with E-state index in [2.05, 4.69) is 15.6 Å². The highest BCUT2D eigenvalue weighted by atomic mass is 16.2. The van der Waals surface area contributed by atoms with Crippen molar-refractivity contribution in [2.45, 2.75) is 51.0 Å². The standard InChI is InChI=1S/C19H26N4O2/c24-17(21-15-7-4-9-20-12-15)16-11-19(16)8-10-23(13-19)18(25)22-14-5-2-1-3-6-14/h4,7,9,12,14,16H,1-3,5-6,8,10-11,13H2,(H,21,24)(H,22,25)/t16-,19+/m1/s1. The zero-order chi connectivity index (χ0) is 17.3. The van der Waals surface area contributed by atoms with E-state index in [4.69, 9.17) is 0 Å². The third-order valence-corrected chi connectivity index (χ3v) is 6.04. The minimum absolute atomic E-state index is 0.00377. The van der Waals surface area contributed by atoms with Crippen molar-refractivity contribution in [3.05, 3.63) is 24.5 Å². The van der Waals surface area contributed by atoms with E-state index in [1.54, 1.807) is 12.4 Å². The van der Waals surface area contributed by atoms with Crippen LogP contribution >= 0.6 is 0 Å². The highest BCUT2D eigenvalue weighted by Gasteiger charge is 2.61. The molecule has 6 heteroatoms. The lowest BCUT2D eigenvalue weighted by molar-refractivity contribution is -0.118. The second kappa shape index (κ2) is 6.65. The Morgan fingerprint density at radius 3 is 2.84 bits per heavy atom. The molecule has 1 saturated heterocycles. The molecule has 0 unspecified atom stereocenters. The highest BCUT2D eigenvalue weighted by Crippen LogP contribution is 2.58. The Hall–Kier alpha value is -2.11. The molecule has 1 aromatic heterocycles. The Labute approximate surface area is 148 Å². The maximum atomic E-state index is 12.5. The van der Waals surface area contributed by atoms with Gasteiger partial charge in [0.05, 0.1) is 11.9 Å². The van der Waals surface area contributed by atoms with E-state index >= 15 is 0 Å². The average molecular weight is 342 g/mol. The second-order valence-corrected chi connectivity index (χ2v) is 7.81. The molecule has 2 saturated carbocycles. The number of nitrogens with zero attached hydrogens (tertiary/aromatic N) is 2. The number of hydrogen-bond acceptors (Lipinski definition) is 3. The first kappa shape index (κ1) is 16.4. The number of urea groups is 1. The molecule has 0 radical (unpaired) electrons. The summed E-state index contributed by atoms with van der Waals surface area (Å²) in [6, 6.07) is 4.05. The van der Waals surface area contributed by atoms with Gasteiger partial charge in [0, 0.05) is 36.7 Å². The van der Waals surface area contributed by atoms with Crippen LogP contribution in [0.15, 0.2) is 24.5 Å². The fourth-order valence-electron chi connectivity index (χ4n) is 4.42. The van der Waals surface area contributed by atoms with E-state index < -0.39 is 0 Å². The molecule has 1 aliphatic heterocycles. The van der Waals surface area contributed by atoms with Crippen LogP contribution in [0, 0.1) is 11.3 Å². The zero-order valence-electron chi connectivity index (χ0n) is 14.5. The van der Waals surface area contributed by atoms with Gasteiger partial charge >= 0.3 is 6.03 Å². The molecule has 0 aromatic carbocycles. The number of amides is 3. The van der Waals surface area contributed by atoms with Gasteiger partial charge in [0.15, 0.2) is 0 Å². The van der Waals surface area contributed by atoms with Crippen LogP contribution in [-0.2, 0) is 4.79 Å². The Bertz CT molecular complexity index is 644. The van der Waals surface area contributed by atoms with Gasteiger partial charge in [0.2, 0.25) is 5.91 Å². The molecule has 2 heterocycles. The molecule has 3 fully saturated rings. The van der Waals surface area contributed by atoms with Gasteiger partial charge in [-0.2, -0.15) is 0 Å². The van der Waals surface area contributed by atoms with E-state index in [1.165, 1.54) is 19.3 Å². The van der Waals surface area contributed by atoms with Gasteiger partial charge < -0.3 is 15.5 Å². The van der Waals surface area contributed by atoms with Crippen molar-refractivity contribution in [1.29, 1.82) is 0 Å². The predicted octanol–water partition coefficient (Wildman–Crippen LogP) is 2.77. The topological polar surface area (TPSA) is 74.3 Å². The Morgan fingerprint density at radius 1 is 1.24 bits per heavy atom. The summed E-state index contributed by atoms with van der Waals surface area (Å²) in [6.45, 7) is 1.46. The normalized spacial score (nSPS) is 28.8. The molecule has 25 heavy (non-hydrogen) atoms. The molecule has 134 valence electrons. The Kier molecular flexibility index (Phi) is 4.36. The predicted molar refractivity (Wildman–Crippen MR) is 95.0 cm³/mol. The lowest BCUT2D eigenvalue weighted by Crippen LogP contribution is -2.44. The van der Waals surface area contributed by atoms with Gasteiger partial charge in [0.25, 0.3) is 0 Å². The molecule has 2 N–H and O–H groups in total. The molecule has 3 aliphatic rings. The minimum atomic E-state index is -0.00377. The summed E-state index contributed by atoms with van der Waals surface area (Å²) in [5, 5.41) is 6.13. The smallest absolute Gasteiger partial charge is 0.317 e. The summed E-state index contributed by atoms with van der Waals surface area (Å²) >= 11 is 0. The summed E-state index contributed by atoms with van der Waals surface area (Å²) in [5.74, 6) is 0.0720. The number of carbonyl (C=O) groups is 2. The number of anilines is 1. The van der Waals surface area contributed by atoms with Gasteiger partial charge in [-0.25, -0.2) is 4.79 Å². The van der Waals surface area contributed by atoms with Crippen LogP contribution in [0.3, 0.4) is 0 Å². The fraction of sp³-hybridized carbons (Fsp3) is 0.632. The van der Waals surface area contributed by atoms with Crippen molar-refractivity contribution >= 4 is 17.6 Å². The Morgan fingerprint density at radius 2 is 2.08 bits per heavy atom. The van der Waals surface area contributed by atoms with Crippen molar-refractivity contribution in [1.82, 2.24) is 15.2 Å². The van der Waals surface area contributed by atoms with Gasteiger partial charge in [-0.1, -0.05) is 19.3 Å². The quantitative estimate of drug-likeness (QED) is 0.887. The third kappa shape index (κ3) is 3.48. The summed E-state index contributed by atoms with van der Waals surface area (Å²) in [6.07, 6.45) is 11.1. The summed E-state index contributed by atoms with van der Waals surface area (Å²) in [5.41, 5.74) is 0.732. The van der Waals surface area contributed by atoms with Crippen molar-refractivity contribution in [2.75, 3.05) is 18.4 Å². The number of likely N-dealkylation sites (tertiary alicyclic amines) is 1. The lowest BCUT2D eigenvalue weighted by atomic mass is 9.96. The first-order chi connectivity index (χ1) is 12.2. The second-order valence-electron chi connectivity index (χ2n) is 7.81. The SMILES string of the molecule is O=C(Nc1cccnc1)[C@H]1C[C@]12CCN(C(=O)NC1CCCCC1)C2. The van der Waals surface area contributed by atoms with Crippen LogP contribution in [0.2, 0.25) is 0 Å². The van der Waals surface area contributed by atoms with Crippen LogP contribution in [0.1, 0.15) is 44.9 Å². The van der Waals surface area contributed by atoms with Crippen LogP contribution in [0.4, 0.5) is 10.5 Å². The molecule has 6 nitrogen and oxygen atoms in total. The first-order valence-corrected chi connectivity index (χ1v) is 9.43. The van der Waals surface area contributed by atoms with Crippen LogP contribution in [0.5, 0.6) is 0 Å². The van der Waals surface area contributed by atoms with Crippen LogP contribution in [0.25, 0.3) is 0 Å². The maximum Gasteiger partial charge on any atom is 0.317 e. The lowest BCUT2D eigenvalue weighted by Gasteiger charge is -2.26. The van der Waals surface area contributed by atoms with E-state index in [0.29, 0.717) is 12.6 Å². The summed E-state index contributed by atoms with van der Waals surface area (Å²) < 4.78 is 0. The number of carbonyl (C=O) groups excluding carboxylic acids is 2. The van der Waals surface area contributed by atoms with Crippen molar-refractivity contribution in [2.24, 2.45) is 11.3 Å². The molecule has 0 bridgehead atoms. The average Bonchev–Trinajstić information content (AvgIpc) is 3.17. The molecule has 2 aliphatic carbocycles. The van der Waals surface area contributed by atoms with E-state index in [9.17, 15) is 9.59 Å². The molecule has 3 amide bonds. The van der Waals surface area contributed by atoms with Crippen molar-refractivity contribution in [3.63, 3.8) is 0 Å². The molecule has 2 atom stereocenters. The molecule has 1 spiro atoms. The van der Waals surface area contributed by atoms with Crippen LogP contribution in [-0.4, -0.2) is 41.0 Å². The first-order valence-electron chi connectivity index (χ1n) is 9.43. The number of pyridine rings is 1. The van der Waals surface area contributed by atoms with Gasteiger partial charge in [-0.05, 0) is 37.8 Å². The summed E-state index contributed by atoms with van der Waals surface area (Å²) in [7, 11) is 0. The number of rotatable bonds is 3. The van der Waals surface area contributed by atoms with Gasteiger partial charge in [0.1, 0.15) is 0 Å². The van der Waals surface area contributed by atoms with Gasteiger partial charge in [-0.3, -0.25) is 9.78 Å². The van der Waals surface area contributed by atoms with Crippen molar-refractivity contribution in [3.8, 4) is 0 Å². The minimum Gasteiger partial charge on any atom is -0.335 e. The number of aromatic nitrogens is 1. The maximum absolute atomic E-state index is 12.5. The van der Waals surface area contributed by atoms with Crippen LogP contribution < -0.4 is 10.6 Å². The number of nitrogens with one attached hydrogen (secondary N) is 2. The highest BCUT2D eigenvalue weighted by molar-refractivity contribution is 5.95. The number of hydrogen-bond donors (Lipinski definition) is 2. The largest absolute Gasteiger partial charge is 0.335 e. The van der Waals surface area contributed by atoms with E-state index in [-0.39, 0.29) is 23.3 Å². The zero-order valence-corrected chi connectivity index (χ0v) is 14.5. The van der Waals surface area contributed by atoms with Gasteiger partial charge in [-0.15, -0.1) is 0 Å². The molecule has 1 aromatic rings. The third-order valence-electron chi connectivity index (χ3n) is 6.04. The van der Waals surface area contributed by atoms with E-state index in [0.717, 1.165) is 37.9 Å². The Balaban J connectivity index is 1.29.